The van der Waals surface area contributed by atoms with Gasteiger partial charge in [-0.1, -0.05) is 0 Å². The SMILES string of the molecule is O=C(NCCN1CCCC1)c1ccc2c(c1)CCN2. The molecule has 0 bridgehead atoms. The van der Waals surface area contributed by atoms with Crippen molar-refractivity contribution in [3.63, 3.8) is 0 Å². The molecule has 2 N–H and O–H groups in total. The van der Waals surface area contributed by atoms with Crippen LogP contribution in [-0.4, -0.2) is 43.5 Å². The predicted octanol–water partition coefficient (Wildman–Crippen LogP) is 1.48. The summed E-state index contributed by atoms with van der Waals surface area (Å²) >= 11 is 0. The Labute approximate surface area is 114 Å². The molecule has 0 spiro atoms. The Morgan fingerprint density at radius 1 is 1.32 bits per heavy atom. The lowest BCUT2D eigenvalue weighted by atomic mass is 10.1. The highest BCUT2D eigenvalue weighted by Gasteiger charge is 2.14. The van der Waals surface area contributed by atoms with Crippen LogP contribution in [0, 0.1) is 0 Å². The lowest BCUT2D eigenvalue weighted by molar-refractivity contribution is 0.0949. The molecule has 4 heteroatoms. The smallest absolute Gasteiger partial charge is 0.251 e. The minimum absolute atomic E-state index is 0.0499. The number of nitrogens with zero attached hydrogens (tertiary/aromatic N) is 1. The number of hydrogen-bond donors (Lipinski definition) is 2. The summed E-state index contributed by atoms with van der Waals surface area (Å²) in [5, 5.41) is 6.32. The minimum Gasteiger partial charge on any atom is -0.384 e. The molecule has 1 fully saturated rings. The zero-order chi connectivity index (χ0) is 13.1. The molecule has 0 aliphatic carbocycles. The summed E-state index contributed by atoms with van der Waals surface area (Å²) in [5.41, 5.74) is 3.21. The Hall–Kier alpha value is -1.55. The van der Waals surface area contributed by atoms with Gasteiger partial charge in [0.05, 0.1) is 0 Å². The number of rotatable bonds is 4. The van der Waals surface area contributed by atoms with Crippen molar-refractivity contribution in [2.24, 2.45) is 0 Å². The van der Waals surface area contributed by atoms with Crippen molar-refractivity contribution in [1.29, 1.82) is 0 Å². The molecule has 3 rings (SSSR count). The molecule has 0 radical (unpaired) electrons. The van der Waals surface area contributed by atoms with Crippen LogP contribution in [0.3, 0.4) is 0 Å². The van der Waals surface area contributed by atoms with Gasteiger partial charge in [-0.3, -0.25) is 4.79 Å². The number of fused-ring (bicyclic) bond motifs is 1. The molecule has 1 amide bonds. The van der Waals surface area contributed by atoms with Crippen molar-refractivity contribution in [3.8, 4) is 0 Å². The van der Waals surface area contributed by atoms with Crippen LogP contribution in [0.25, 0.3) is 0 Å². The lowest BCUT2D eigenvalue weighted by Gasteiger charge is -2.14. The van der Waals surface area contributed by atoms with E-state index in [0.717, 1.165) is 31.6 Å². The standard InChI is InChI=1S/C15H21N3O/c19-15(17-7-10-18-8-1-2-9-18)13-3-4-14-12(11-13)5-6-16-14/h3-4,11,16H,1-2,5-10H2,(H,17,19). The molecule has 19 heavy (non-hydrogen) atoms. The Morgan fingerprint density at radius 2 is 2.16 bits per heavy atom. The van der Waals surface area contributed by atoms with Crippen LogP contribution in [0.1, 0.15) is 28.8 Å². The number of nitrogens with one attached hydrogen (secondary N) is 2. The highest BCUT2D eigenvalue weighted by Crippen LogP contribution is 2.22. The van der Waals surface area contributed by atoms with Gasteiger partial charge >= 0.3 is 0 Å². The van der Waals surface area contributed by atoms with Crippen molar-refractivity contribution in [1.82, 2.24) is 10.2 Å². The van der Waals surface area contributed by atoms with Gasteiger partial charge in [-0.2, -0.15) is 0 Å². The molecule has 102 valence electrons. The molecule has 0 aromatic heterocycles. The van der Waals surface area contributed by atoms with Crippen LogP contribution in [0.2, 0.25) is 0 Å². The van der Waals surface area contributed by atoms with E-state index in [1.807, 2.05) is 18.2 Å². The summed E-state index contributed by atoms with van der Waals surface area (Å²) in [7, 11) is 0. The number of carbonyl (C=O) groups excluding carboxylic acids is 1. The summed E-state index contributed by atoms with van der Waals surface area (Å²) in [6.07, 6.45) is 3.61. The van der Waals surface area contributed by atoms with Crippen LogP contribution < -0.4 is 10.6 Å². The average Bonchev–Trinajstić information content (AvgIpc) is 3.08. The highest BCUT2D eigenvalue weighted by atomic mass is 16.1. The molecule has 1 aromatic rings. The van der Waals surface area contributed by atoms with E-state index in [0.29, 0.717) is 0 Å². The van der Waals surface area contributed by atoms with E-state index in [1.165, 1.54) is 37.2 Å². The Bertz CT molecular complexity index is 466. The summed E-state index contributed by atoms with van der Waals surface area (Å²) < 4.78 is 0. The number of amides is 1. The van der Waals surface area contributed by atoms with E-state index in [4.69, 9.17) is 0 Å². The van der Waals surface area contributed by atoms with Gasteiger partial charge in [0, 0.05) is 30.9 Å². The molecule has 1 saturated heterocycles. The van der Waals surface area contributed by atoms with Gasteiger partial charge in [0.1, 0.15) is 0 Å². The quantitative estimate of drug-likeness (QED) is 0.861. The molecule has 0 saturated carbocycles. The summed E-state index contributed by atoms with van der Waals surface area (Å²) in [4.78, 5) is 14.5. The van der Waals surface area contributed by atoms with Gasteiger partial charge in [-0.05, 0) is 56.1 Å². The van der Waals surface area contributed by atoms with E-state index >= 15 is 0 Å². The lowest BCUT2D eigenvalue weighted by Crippen LogP contribution is -2.33. The van der Waals surface area contributed by atoms with E-state index < -0.39 is 0 Å². The molecule has 1 aromatic carbocycles. The number of hydrogen-bond acceptors (Lipinski definition) is 3. The second kappa shape index (κ2) is 5.61. The fraction of sp³-hybridized carbons (Fsp3) is 0.533. The molecule has 2 aliphatic heterocycles. The second-order valence-electron chi connectivity index (χ2n) is 5.35. The molecular weight excluding hydrogens is 238 g/mol. The first-order chi connectivity index (χ1) is 9.33. The van der Waals surface area contributed by atoms with Gasteiger partial charge in [-0.25, -0.2) is 0 Å². The fourth-order valence-electron chi connectivity index (χ4n) is 2.88. The van der Waals surface area contributed by atoms with Crippen LogP contribution in [-0.2, 0) is 6.42 Å². The number of anilines is 1. The van der Waals surface area contributed by atoms with Crippen molar-refractivity contribution in [2.75, 3.05) is 38.0 Å². The van der Waals surface area contributed by atoms with Gasteiger partial charge in [0.15, 0.2) is 0 Å². The fourth-order valence-corrected chi connectivity index (χ4v) is 2.88. The molecule has 2 heterocycles. The van der Waals surface area contributed by atoms with Crippen molar-refractivity contribution >= 4 is 11.6 Å². The molecule has 4 nitrogen and oxygen atoms in total. The first kappa shape index (κ1) is 12.5. The van der Waals surface area contributed by atoms with E-state index in [9.17, 15) is 4.79 Å². The molecule has 0 unspecified atom stereocenters. The summed E-state index contributed by atoms with van der Waals surface area (Å²) in [6, 6.07) is 5.93. The normalized spacial score (nSPS) is 18.1. The number of benzene rings is 1. The van der Waals surface area contributed by atoms with E-state index in [2.05, 4.69) is 15.5 Å². The van der Waals surface area contributed by atoms with Crippen LogP contribution >= 0.6 is 0 Å². The Kier molecular flexibility index (Phi) is 3.69. The van der Waals surface area contributed by atoms with Crippen molar-refractivity contribution < 1.29 is 4.79 Å². The Morgan fingerprint density at radius 3 is 3.00 bits per heavy atom. The minimum atomic E-state index is 0.0499. The zero-order valence-electron chi connectivity index (χ0n) is 11.2. The van der Waals surface area contributed by atoms with Crippen molar-refractivity contribution in [2.45, 2.75) is 19.3 Å². The zero-order valence-corrected chi connectivity index (χ0v) is 11.2. The predicted molar refractivity (Wildman–Crippen MR) is 76.6 cm³/mol. The summed E-state index contributed by atoms with van der Waals surface area (Å²) in [5.74, 6) is 0.0499. The Balaban J connectivity index is 1.52. The van der Waals surface area contributed by atoms with Gasteiger partial charge in [0.2, 0.25) is 0 Å². The van der Waals surface area contributed by atoms with Gasteiger partial charge in [-0.15, -0.1) is 0 Å². The van der Waals surface area contributed by atoms with Crippen LogP contribution in [0.5, 0.6) is 0 Å². The first-order valence-electron chi connectivity index (χ1n) is 7.20. The first-order valence-corrected chi connectivity index (χ1v) is 7.20. The maximum absolute atomic E-state index is 12.1. The third kappa shape index (κ3) is 2.89. The van der Waals surface area contributed by atoms with Gasteiger partial charge < -0.3 is 15.5 Å². The van der Waals surface area contributed by atoms with Crippen LogP contribution in [0.15, 0.2) is 18.2 Å². The maximum Gasteiger partial charge on any atom is 0.251 e. The third-order valence-electron chi connectivity index (χ3n) is 3.99. The molecule has 2 aliphatic rings. The van der Waals surface area contributed by atoms with Gasteiger partial charge in [0.25, 0.3) is 5.91 Å². The van der Waals surface area contributed by atoms with E-state index in [1.54, 1.807) is 0 Å². The molecule has 0 atom stereocenters. The van der Waals surface area contributed by atoms with E-state index in [-0.39, 0.29) is 5.91 Å². The largest absolute Gasteiger partial charge is 0.384 e. The third-order valence-corrected chi connectivity index (χ3v) is 3.99. The number of carbonyl (C=O) groups is 1. The van der Waals surface area contributed by atoms with Crippen LogP contribution in [0.4, 0.5) is 5.69 Å². The maximum atomic E-state index is 12.1. The average molecular weight is 259 g/mol. The monoisotopic (exact) mass is 259 g/mol. The topological polar surface area (TPSA) is 44.4 Å². The summed E-state index contributed by atoms with van der Waals surface area (Å²) in [6.45, 7) is 5.06. The van der Waals surface area contributed by atoms with Crippen molar-refractivity contribution in [3.05, 3.63) is 29.3 Å². The highest BCUT2D eigenvalue weighted by molar-refractivity contribution is 5.95. The molecular formula is C15H21N3O. The second-order valence-corrected chi connectivity index (χ2v) is 5.35. The number of likely N-dealkylation sites (tertiary alicyclic amines) is 1.